The van der Waals surface area contributed by atoms with Crippen LogP contribution in [0.3, 0.4) is 0 Å². The molecule has 2 N–H and O–H groups in total. The van der Waals surface area contributed by atoms with Gasteiger partial charge in [-0.05, 0) is 48.7 Å². The van der Waals surface area contributed by atoms with Crippen molar-refractivity contribution in [3.63, 3.8) is 0 Å². The molecule has 0 aliphatic carbocycles. The molecule has 1 aliphatic rings. The van der Waals surface area contributed by atoms with Gasteiger partial charge in [0.05, 0.1) is 6.61 Å². The van der Waals surface area contributed by atoms with Crippen molar-refractivity contribution in [2.75, 3.05) is 38.1 Å². The van der Waals surface area contributed by atoms with Crippen LogP contribution < -0.4 is 10.2 Å². The van der Waals surface area contributed by atoms with Crippen molar-refractivity contribution < 1.29 is 9.50 Å². The second kappa shape index (κ2) is 9.06. The predicted octanol–water partition coefficient (Wildman–Crippen LogP) is 2.83. The number of hydrogen-bond donors (Lipinski definition) is 2. The van der Waals surface area contributed by atoms with Crippen LogP contribution in [-0.4, -0.2) is 49.2 Å². The lowest BCUT2D eigenvalue weighted by atomic mass is 10.1. The molecule has 6 heteroatoms. The van der Waals surface area contributed by atoms with Crippen LogP contribution in [0.5, 0.6) is 0 Å². The third kappa shape index (κ3) is 4.44. The normalized spacial score (nSPS) is 15.1. The number of hydrogen-bond acceptors (Lipinski definition) is 3. The Labute approximate surface area is 166 Å². The monoisotopic (exact) mass is 384 g/mol. The average Bonchev–Trinajstić information content (AvgIpc) is 2.72. The fraction of sp³-hybridized carbons (Fsp3) is 0.409. The maximum Gasteiger partial charge on any atom is 0.194 e. The molecule has 5 nitrogen and oxygen atoms in total. The van der Waals surface area contributed by atoms with Gasteiger partial charge in [0.25, 0.3) is 0 Å². The van der Waals surface area contributed by atoms with Gasteiger partial charge in [0.15, 0.2) is 5.96 Å². The first kappa shape index (κ1) is 20.1. The van der Waals surface area contributed by atoms with Crippen molar-refractivity contribution >= 4 is 11.6 Å². The van der Waals surface area contributed by atoms with Crippen LogP contribution in [0.25, 0.3) is 0 Å². The second-order valence-electron chi connectivity index (χ2n) is 7.18. The number of rotatable bonds is 4. The molecule has 0 spiro atoms. The van der Waals surface area contributed by atoms with E-state index in [-0.39, 0.29) is 12.4 Å². The van der Waals surface area contributed by atoms with E-state index in [1.807, 2.05) is 0 Å². The Morgan fingerprint density at radius 1 is 1.14 bits per heavy atom. The van der Waals surface area contributed by atoms with Gasteiger partial charge in [-0.3, -0.25) is 4.99 Å². The summed E-state index contributed by atoms with van der Waals surface area (Å²) in [5.41, 5.74) is 5.20. The van der Waals surface area contributed by atoms with Crippen molar-refractivity contribution in [2.45, 2.75) is 27.0 Å². The standard InChI is InChI=1S/C22H29FN4O/c1-16-5-4-6-21(17(16)2)26-9-11-27(12-10-26)22(24-3)25-14-18-7-8-20(23)19(13-18)15-28/h4-8,13,28H,9-12,14-15H2,1-3H3,(H,24,25). The summed E-state index contributed by atoms with van der Waals surface area (Å²) in [7, 11) is 1.78. The van der Waals surface area contributed by atoms with E-state index in [9.17, 15) is 9.50 Å². The van der Waals surface area contributed by atoms with Gasteiger partial charge in [0, 0.05) is 51.0 Å². The van der Waals surface area contributed by atoms with Gasteiger partial charge in [-0.1, -0.05) is 18.2 Å². The number of anilines is 1. The maximum atomic E-state index is 13.5. The zero-order valence-electron chi connectivity index (χ0n) is 16.9. The number of piperazine rings is 1. The van der Waals surface area contributed by atoms with E-state index in [1.165, 1.54) is 22.9 Å². The number of benzene rings is 2. The van der Waals surface area contributed by atoms with Crippen LogP contribution in [0.15, 0.2) is 41.4 Å². The van der Waals surface area contributed by atoms with Gasteiger partial charge in [0.1, 0.15) is 5.82 Å². The Hall–Kier alpha value is -2.60. The van der Waals surface area contributed by atoms with Gasteiger partial charge in [-0.15, -0.1) is 0 Å². The highest BCUT2D eigenvalue weighted by Gasteiger charge is 2.21. The summed E-state index contributed by atoms with van der Waals surface area (Å²) in [6.07, 6.45) is 0. The largest absolute Gasteiger partial charge is 0.392 e. The number of nitrogens with one attached hydrogen (secondary N) is 1. The van der Waals surface area contributed by atoms with E-state index in [0.29, 0.717) is 12.1 Å². The molecule has 1 saturated heterocycles. The van der Waals surface area contributed by atoms with Gasteiger partial charge >= 0.3 is 0 Å². The van der Waals surface area contributed by atoms with Crippen LogP contribution in [0.2, 0.25) is 0 Å². The van der Waals surface area contributed by atoms with Crippen molar-refractivity contribution in [3.05, 3.63) is 64.5 Å². The molecule has 150 valence electrons. The molecule has 0 bridgehead atoms. The zero-order valence-corrected chi connectivity index (χ0v) is 16.9. The highest BCUT2D eigenvalue weighted by molar-refractivity contribution is 5.80. The minimum absolute atomic E-state index is 0.297. The summed E-state index contributed by atoms with van der Waals surface area (Å²) in [6.45, 7) is 8.23. The molecule has 0 atom stereocenters. The van der Waals surface area contributed by atoms with Crippen LogP contribution in [-0.2, 0) is 13.2 Å². The fourth-order valence-electron chi connectivity index (χ4n) is 3.61. The highest BCUT2D eigenvalue weighted by atomic mass is 19.1. The van der Waals surface area contributed by atoms with Crippen molar-refractivity contribution in [2.24, 2.45) is 4.99 Å². The van der Waals surface area contributed by atoms with Gasteiger partial charge in [-0.2, -0.15) is 0 Å². The summed E-state index contributed by atoms with van der Waals surface area (Å²) in [4.78, 5) is 9.08. The summed E-state index contributed by atoms with van der Waals surface area (Å²) < 4.78 is 13.5. The van der Waals surface area contributed by atoms with Crippen molar-refractivity contribution in [1.29, 1.82) is 0 Å². The first-order chi connectivity index (χ1) is 13.5. The maximum absolute atomic E-state index is 13.5. The molecule has 0 radical (unpaired) electrons. The molecule has 28 heavy (non-hydrogen) atoms. The van der Waals surface area contributed by atoms with Crippen LogP contribution in [0, 0.1) is 19.7 Å². The summed E-state index contributed by atoms with van der Waals surface area (Å²) in [5, 5.41) is 12.6. The molecule has 2 aromatic rings. The van der Waals surface area contributed by atoms with E-state index in [1.54, 1.807) is 19.2 Å². The lowest BCUT2D eigenvalue weighted by Gasteiger charge is -2.38. The summed E-state index contributed by atoms with van der Waals surface area (Å²) in [5.74, 6) is 0.466. The molecule has 1 heterocycles. The Kier molecular flexibility index (Phi) is 6.52. The third-order valence-electron chi connectivity index (χ3n) is 5.44. The van der Waals surface area contributed by atoms with E-state index in [4.69, 9.17) is 0 Å². The molecule has 2 aromatic carbocycles. The minimum atomic E-state index is -0.377. The molecular weight excluding hydrogens is 355 g/mol. The number of aliphatic hydroxyl groups is 1. The predicted molar refractivity (Wildman–Crippen MR) is 112 cm³/mol. The van der Waals surface area contributed by atoms with Crippen molar-refractivity contribution in [1.82, 2.24) is 10.2 Å². The smallest absolute Gasteiger partial charge is 0.194 e. The number of aryl methyl sites for hydroxylation is 1. The van der Waals surface area contributed by atoms with Crippen LogP contribution in [0.1, 0.15) is 22.3 Å². The molecular formula is C22H29FN4O. The topological polar surface area (TPSA) is 51.1 Å². The lowest BCUT2D eigenvalue weighted by Crippen LogP contribution is -2.52. The Balaban J connectivity index is 1.59. The fourth-order valence-corrected chi connectivity index (χ4v) is 3.61. The number of guanidine groups is 1. The first-order valence-corrected chi connectivity index (χ1v) is 9.68. The molecule has 1 fully saturated rings. The number of halogens is 1. The molecule has 0 aromatic heterocycles. The Bertz CT molecular complexity index is 844. The van der Waals surface area contributed by atoms with Gasteiger partial charge < -0.3 is 20.2 Å². The molecule has 3 rings (SSSR count). The molecule has 0 amide bonds. The van der Waals surface area contributed by atoms with E-state index in [0.717, 1.165) is 37.7 Å². The number of aliphatic imine (C=N–C) groups is 1. The van der Waals surface area contributed by atoms with E-state index >= 15 is 0 Å². The van der Waals surface area contributed by atoms with Gasteiger partial charge in [-0.25, -0.2) is 4.39 Å². The quantitative estimate of drug-likeness (QED) is 0.629. The van der Waals surface area contributed by atoms with Crippen molar-refractivity contribution in [3.8, 4) is 0 Å². The third-order valence-corrected chi connectivity index (χ3v) is 5.44. The summed E-state index contributed by atoms with van der Waals surface area (Å²) >= 11 is 0. The van der Waals surface area contributed by atoms with E-state index < -0.39 is 0 Å². The Morgan fingerprint density at radius 2 is 1.89 bits per heavy atom. The lowest BCUT2D eigenvalue weighted by molar-refractivity contribution is 0.275. The zero-order chi connectivity index (χ0) is 20.1. The molecule has 0 saturated carbocycles. The minimum Gasteiger partial charge on any atom is -0.392 e. The molecule has 1 aliphatic heterocycles. The highest BCUT2D eigenvalue weighted by Crippen LogP contribution is 2.23. The summed E-state index contributed by atoms with van der Waals surface area (Å²) in [6, 6.07) is 11.3. The number of nitrogens with zero attached hydrogens (tertiary/aromatic N) is 3. The van der Waals surface area contributed by atoms with Gasteiger partial charge in [0.2, 0.25) is 0 Å². The SMILES string of the molecule is CN=C(NCc1ccc(F)c(CO)c1)N1CCN(c2cccc(C)c2C)CC1. The average molecular weight is 384 g/mol. The van der Waals surface area contributed by atoms with Crippen LogP contribution in [0.4, 0.5) is 10.1 Å². The second-order valence-corrected chi connectivity index (χ2v) is 7.18. The van der Waals surface area contributed by atoms with E-state index in [2.05, 4.69) is 52.2 Å². The first-order valence-electron chi connectivity index (χ1n) is 9.68. The van der Waals surface area contributed by atoms with Crippen LogP contribution >= 0.6 is 0 Å². The molecule has 0 unspecified atom stereocenters. The Morgan fingerprint density at radius 3 is 2.57 bits per heavy atom. The number of aliphatic hydroxyl groups excluding tert-OH is 1.